The largest absolute Gasteiger partial charge is 0.187 e. The third-order valence-electron chi connectivity index (χ3n) is 0. The van der Waals surface area contributed by atoms with Crippen LogP contribution in [0.2, 0.25) is 0 Å². The molecule has 0 bridgehead atoms. The Morgan fingerprint density at radius 3 is 1.00 bits per heavy atom. The van der Waals surface area contributed by atoms with Gasteiger partial charge in [0.2, 0.25) is 0 Å². The molecule has 0 aromatic carbocycles. The Hall–Kier alpha value is 1.68. The molecule has 0 aliphatic carbocycles. The third-order valence-corrected chi connectivity index (χ3v) is 0. The second-order valence-corrected chi connectivity index (χ2v) is 0. The zero-order valence-corrected chi connectivity index (χ0v) is 4.92. The molecule has 0 heterocycles. The van der Waals surface area contributed by atoms with Crippen LogP contribution in [0.1, 0.15) is 7.43 Å². The first kappa shape index (κ1) is 44.2. The summed E-state index contributed by atoms with van der Waals surface area (Å²) >= 11 is 0. The fraction of sp³-hybridized carbons (Fsp3) is 1.00. The Bertz CT molecular complexity index is 8.00. The number of hydrogen-bond acceptors (Lipinski definition) is 0. The summed E-state index contributed by atoms with van der Waals surface area (Å²) in [5.74, 6) is 0. The number of rotatable bonds is 0. The van der Waals surface area contributed by atoms with Crippen LogP contribution in [-0.2, 0) is 36.5 Å². The van der Waals surface area contributed by atoms with Gasteiger partial charge in [0.25, 0.3) is 0 Å². The first-order valence-electron chi connectivity index (χ1n) is 0. The molecule has 0 amide bonds. The molecule has 1 radical (unpaired) electrons. The molecule has 0 atom stereocenters. The zero-order chi connectivity index (χ0) is 0. The second kappa shape index (κ2) is 22.5. The van der Waals surface area contributed by atoms with Crippen molar-refractivity contribution >= 4 is 17.4 Å². The number of hydrogen-bond donors (Lipinski definition) is 0. The fourth-order valence-electron chi connectivity index (χ4n) is 0. The van der Waals surface area contributed by atoms with Crippen molar-refractivity contribution in [1.29, 1.82) is 0 Å². The molecule has 0 N–H and O–H groups in total. The first-order valence-corrected chi connectivity index (χ1v) is 0. The Kier molecular flexibility index (Phi) is 249. The molecule has 27 valence electrons. The Morgan fingerprint density at radius 1 is 1.00 bits per heavy atom. The minimum absolute atomic E-state index is 0. The van der Waals surface area contributed by atoms with E-state index in [0.717, 1.165) is 0 Å². The van der Waals surface area contributed by atoms with Crippen molar-refractivity contribution in [3.05, 3.63) is 0 Å². The van der Waals surface area contributed by atoms with Gasteiger partial charge in [-0.15, -0.1) is 0 Å². The maximum absolute atomic E-state index is 0. The van der Waals surface area contributed by atoms with Crippen LogP contribution in [0, 0.1) is 0 Å². The van der Waals surface area contributed by atoms with Crippen LogP contribution in [0.4, 0.5) is 0 Å². The average molecular weight is 175 g/mol. The molecule has 3 heteroatoms. The van der Waals surface area contributed by atoms with E-state index in [0.29, 0.717) is 0 Å². The van der Waals surface area contributed by atoms with Crippen LogP contribution < -0.4 is 0 Å². The maximum atomic E-state index is 0. The van der Waals surface area contributed by atoms with Crippen molar-refractivity contribution < 1.29 is 36.5 Å². The summed E-state index contributed by atoms with van der Waals surface area (Å²) in [5.41, 5.74) is 0. The van der Waals surface area contributed by atoms with Crippen LogP contribution in [0.3, 0.4) is 0 Å². The van der Waals surface area contributed by atoms with Gasteiger partial charge < -0.3 is 0 Å². The predicted octanol–water partition coefficient (Wildman–Crippen LogP) is -0.553. The van der Waals surface area contributed by atoms with E-state index >= 15 is 0 Å². The van der Waals surface area contributed by atoms with E-state index in [-0.39, 0.29) is 61.3 Å². The van der Waals surface area contributed by atoms with Crippen molar-refractivity contribution in [3.63, 3.8) is 0 Å². The molecule has 0 unspecified atom stereocenters. The average Bonchev–Trinajstić information content (AvgIpc) is 0. The maximum Gasteiger partial charge on any atom is 0.187 e. The van der Waals surface area contributed by atoms with Gasteiger partial charge >= 0.3 is 0 Å². The molecule has 0 aromatic heterocycles. The van der Waals surface area contributed by atoms with E-state index < -0.39 is 0 Å². The topological polar surface area (TPSA) is 0 Å². The van der Waals surface area contributed by atoms with Crippen molar-refractivity contribution in [2.75, 3.05) is 0 Å². The normalized spacial score (nSPS) is 0. The Balaban J connectivity index is 0. The van der Waals surface area contributed by atoms with Crippen molar-refractivity contribution in [2.24, 2.45) is 0 Å². The zero-order valence-electron chi connectivity index (χ0n) is 1.01. The standard InChI is InChI=1S/CH4.Al.Cu.Zn.3H/h1H4;;;;;;. The molecular formula is CH7AlCuZn. The molecule has 0 saturated heterocycles. The van der Waals surface area contributed by atoms with Gasteiger partial charge in [0.05, 0.1) is 0 Å². The molecule has 0 aliphatic rings. The molecule has 4 heavy (non-hydrogen) atoms. The van der Waals surface area contributed by atoms with Crippen LogP contribution in [-0.4, -0.2) is 17.4 Å². The second-order valence-electron chi connectivity index (χ2n) is 0. The van der Waals surface area contributed by atoms with E-state index in [1.165, 1.54) is 0 Å². The summed E-state index contributed by atoms with van der Waals surface area (Å²) < 4.78 is 0. The van der Waals surface area contributed by atoms with Gasteiger partial charge in [-0.1, -0.05) is 7.43 Å². The van der Waals surface area contributed by atoms with Gasteiger partial charge in [0.1, 0.15) is 0 Å². The van der Waals surface area contributed by atoms with Gasteiger partial charge in [0.15, 0.2) is 17.4 Å². The van der Waals surface area contributed by atoms with Crippen LogP contribution in [0.5, 0.6) is 0 Å². The predicted molar refractivity (Wildman–Crippen MR) is 16.7 cm³/mol. The third kappa shape index (κ3) is 9.37. The quantitative estimate of drug-likeness (QED) is 0.433. The summed E-state index contributed by atoms with van der Waals surface area (Å²) in [6.45, 7) is 0. The molecule has 0 aromatic rings. The molecule has 0 spiro atoms. The molecule has 0 saturated carbocycles. The van der Waals surface area contributed by atoms with Crippen LogP contribution in [0.25, 0.3) is 0 Å². The van der Waals surface area contributed by atoms with Gasteiger partial charge in [-0.2, -0.15) is 0 Å². The van der Waals surface area contributed by atoms with Crippen molar-refractivity contribution in [2.45, 2.75) is 7.43 Å². The molecule has 0 rings (SSSR count). The smallest absolute Gasteiger partial charge is 0.0776 e. The fourth-order valence-corrected chi connectivity index (χ4v) is 0. The van der Waals surface area contributed by atoms with Gasteiger partial charge in [-0.25, -0.2) is 0 Å². The van der Waals surface area contributed by atoms with E-state index in [9.17, 15) is 0 Å². The van der Waals surface area contributed by atoms with Gasteiger partial charge in [-0.05, 0) is 0 Å². The molecule has 0 nitrogen and oxygen atoms in total. The summed E-state index contributed by atoms with van der Waals surface area (Å²) in [4.78, 5) is 0. The monoisotopic (exact) mass is 173 g/mol. The van der Waals surface area contributed by atoms with Gasteiger partial charge in [-0.3, -0.25) is 0 Å². The minimum Gasteiger partial charge on any atom is -0.0776 e. The van der Waals surface area contributed by atoms with Crippen LogP contribution in [0.15, 0.2) is 0 Å². The van der Waals surface area contributed by atoms with E-state index in [2.05, 4.69) is 0 Å². The van der Waals surface area contributed by atoms with Crippen molar-refractivity contribution in [1.82, 2.24) is 0 Å². The van der Waals surface area contributed by atoms with E-state index in [4.69, 9.17) is 0 Å². The summed E-state index contributed by atoms with van der Waals surface area (Å²) in [5, 5.41) is 0. The van der Waals surface area contributed by atoms with Crippen molar-refractivity contribution in [3.8, 4) is 0 Å². The SMILES string of the molecule is C.[AlH3].[Cu].[Zn]. The Labute approximate surface area is 61.1 Å². The summed E-state index contributed by atoms with van der Waals surface area (Å²) in [6, 6.07) is 0. The molecular weight excluding hydrogens is 168 g/mol. The Morgan fingerprint density at radius 2 is 1.00 bits per heavy atom. The van der Waals surface area contributed by atoms with E-state index in [1.54, 1.807) is 0 Å². The summed E-state index contributed by atoms with van der Waals surface area (Å²) in [7, 11) is 0. The first-order chi connectivity index (χ1) is 0. The van der Waals surface area contributed by atoms with E-state index in [1.807, 2.05) is 0 Å². The summed E-state index contributed by atoms with van der Waals surface area (Å²) in [6.07, 6.45) is 0. The van der Waals surface area contributed by atoms with Crippen LogP contribution >= 0.6 is 0 Å². The van der Waals surface area contributed by atoms with Gasteiger partial charge in [0, 0.05) is 36.5 Å². The molecule has 0 aliphatic heterocycles. The minimum atomic E-state index is 0. The molecule has 0 fully saturated rings.